The van der Waals surface area contributed by atoms with Crippen molar-refractivity contribution < 1.29 is 0 Å². The van der Waals surface area contributed by atoms with Gasteiger partial charge >= 0.3 is 0 Å². The maximum atomic E-state index is 4.52. The van der Waals surface area contributed by atoms with Crippen molar-refractivity contribution in [3.05, 3.63) is 11.1 Å². The van der Waals surface area contributed by atoms with Crippen molar-refractivity contribution in [2.75, 3.05) is 64.3 Å². The summed E-state index contributed by atoms with van der Waals surface area (Å²) < 4.78 is 0. The molecule has 21 heavy (non-hydrogen) atoms. The van der Waals surface area contributed by atoms with Crippen LogP contribution in [-0.4, -0.2) is 74.2 Å². The summed E-state index contributed by atoms with van der Waals surface area (Å²) in [5.74, 6) is 0. The third-order valence-corrected chi connectivity index (χ3v) is 5.13. The van der Waals surface area contributed by atoms with Crippen LogP contribution in [0.4, 0.5) is 5.13 Å². The van der Waals surface area contributed by atoms with Gasteiger partial charge in [-0.3, -0.25) is 4.90 Å². The van der Waals surface area contributed by atoms with Gasteiger partial charge in [-0.1, -0.05) is 0 Å². The van der Waals surface area contributed by atoms with Gasteiger partial charge in [0.2, 0.25) is 0 Å². The molecule has 0 saturated carbocycles. The summed E-state index contributed by atoms with van der Waals surface area (Å²) in [5, 5.41) is 4.69. The quantitative estimate of drug-likeness (QED) is 0.733. The van der Waals surface area contributed by atoms with Gasteiger partial charge in [-0.05, 0) is 20.9 Å². The van der Waals surface area contributed by atoms with Gasteiger partial charge in [-0.15, -0.1) is 11.3 Å². The molecule has 5 nitrogen and oxygen atoms in total. The zero-order chi connectivity index (χ0) is 15.1. The smallest absolute Gasteiger partial charge is 0.185 e. The van der Waals surface area contributed by atoms with Crippen molar-refractivity contribution in [2.45, 2.75) is 20.4 Å². The van der Waals surface area contributed by atoms with Gasteiger partial charge in [-0.25, -0.2) is 4.98 Å². The Hall–Kier alpha value is -0.690. The third kappa shape index (κ3) is 5.21. The van der Waals surface area contributed by atoms with Crippen LogP contribution >= 0.6 is 11.3 Å². The first-order valence-electron chi connectivity index (χ1n) is 8.04. The average molecular weight is 311 g/mol. The Labute approximate surface area is 132 Å². The van der Waals surface area contributed by atoms with Gasteiger partial charge in [0.15, 0.2) is 5.13 Å². The molecular formula is C15H29N5S. The minimum absolute atomic E-state index is 0.937. The highest BCUT2D eigenvalue weighted by Crippen LogP contribution is 2.21. The van der Waals surface area contributed by atoms with Crippen molar-refractivity contribution in [2.24, 2.45) is 0 Å². The Morgan fingerprint density at radius 1 is 1.24 bits per heavy atom. The molecule has 1 N–H and O–H groups in total. The van der Waals surface area contributed by atoms with Crippen LogP contribution in [0.2, 0.25) is 0 Å². The monoisotopic (exact) mass is 311 g/mol. The predicted octanol–water partition coefficient (Wildman–Crippen LogP) is 1.33. The van der Waals surface area contributed by atoms with Crippen molar-refractivity contribution in [1.82, 2.24) is 20.1 Å². The molecule has 0 bridgehead atoms. The van der Waals surface area contributed by atoms with Crippen LogP contribution < -0.4 is 10.2 Å². The molecule has 0 atom stereocenters. The largest absolute Gasteiger partial charge is 0.349 e. The second-order valence-corrected chi connectivity index (χ2v) is 6.70. The van der Waals surface area contributed by atoms with E-state index in [1.807, 2.05) is 17.5 Å². The number of nitrogens with zero attached hydrogens (tertiary/aromatic N) is 4. The minimum Gasteiger partial charge on any atom is -0.349 e. The number of piperazine rings is 1. The lowest BCUT2D eigenvalue weighted by Crippen LogP contribution is -2.46. The van der Waals surface area contributed by atoms with Gasteiger partial charge in [0.25, 0.3) is 0 Å². The fourth-order valence-corrected chi connectivity index (χ4v) is 3.55. The van der Waals surface area contributed by atoms with E-state index in [9.17, 15) is 0 Å². The van der Waals surface area contributed by atoms with Crippen LogP contribution in [0.3, 0.4) is 0 Å². The molecule has 1 saturated heterocycles. The Balaban J connectivity index is 1.64. The topological polar surface area (TPSA) is 34.6 Å². The first kappa shape index (κ1) is 16.7. The van der Waals surface area contributed by atoms with Crippen LogP contribution in [0.5, 0.6) is 0 Å². The fourth-order valence-electron chi connectivity index (χ4n) is 2.54. The van der Waals surface area contributed by atoms with Crippen molar-refractivity contribution in [3.8, 4) is 0 Å². The molecule has 0 radical (unpaired) electrons. The Bertz CT molecular complexity index is 397. The number of likely N-dealkylation sites (N-methyl/N-ethyl adjacent to an activating group) is 1. The van der Waals surface area contributed by atoms with Crippen molar-refractivity contribution >= 4 is 16.5 Å². The summed E-state index contributed by atoms with van der Waals surface area (Å²) in [4.78, 5) is 13.1. The van der Waals surface area contributed by atoms with Crippen LogP contribution in [0.1, 0.15) is 18.7 Å². The summed E-state index contributed by atoms with van der Waals surface area (Å²) in [6.45, 7) is 14.3. The number of aromatic nitrogens is 1. The van der Waals surface area contributed by atoms with Gasteiger partial charge in [0.05, 0.1) is 0 Å². The molecule has 0 unspecified atom stereocenters. The molecule has 1 aliphatic heterocycles. The minimum atomic E-state index is 0.937. The zero-order valence-corrected chi connectivity index (χ0v) is 14.5. The highest BCUT2D eigenvalue weighted by atomic mass is 32.1. The van der Waals surface area contributed by atoms with Crippen LogP contribution in [-0.2, 0) is 6.54 Å². The van der Waals surface area contributed by atoms with E-state index in [4.69, 9.17) is 0 Å². The molecule has 120 valence electrons. The first-order valence-corrected chi connectivity index (χ1v) is 8.85. The molecule has 2 heterocycles. The van der Waals surface area contributed by atoms with E-state index < -0.39 is 0 Å². The highest BCUT2D eigenvalue weighted by molar-refractivity contribution is 7.15. The number of rotatable bonds is 8. The summed E-state index contributed by atoms with van der Waals surface area (Å²) in [7, 11) is 2.20. The van der Waals surface area contributed by atoms with E-state index in [0.717, 1.165) is 37.9 Å². The average Bonchev–Trinajstić information content (AvgIpc) is 2.96. The second kappa shape index (κ2) is 8.68. The normalized spacial score (nSPS) is 17.3. The summed E-state index contributed by atoms with van der Waals surface area (Å²) in [5.41, 5.74) is 0. The van der Waals surface area contributed by atoms with Gasteiger partial charge in [-0.2, -0.15) is 0 Å². The molecule has 6 heteroatoms. The van der Waals surface area contributed by atoms with Crippen LogP contribution in [0.15, 0.2) is 6.20 Å². The standard InChI is InChI=1S/C15H29N5S/c1-4-20(5-2)15-17-13-14(21-15)12-16-6-7-19-10-8-18(3)9-11-19/h13,16H,4-12H2,1-3H3. The molecule has 1 aliphatic rings. The Kier molecular flexibility index (Phi) is 6.89. The maximum absolute atomic E-state index is 4.52. The zero-order valence-electron chi connectivity index (χ0n) is 13.6. The predicted molar refractivity (Wildman–Crippen MR) is 91.3 cm³/mol. The summed E-state index contributed by atoms with van der Waals surface area (Å²) >= 11 is 1.81. The Morgan fingerprint density at radius 3 is 2.62 bits per heavy atom. The van der Waals surface area contributed by atoms with Gasteiger partial charge in [0, 0.05) is 70.0 Å². The van der Waals surface area contributed by atoms with Crippen molar-refractivity contribution in [1.29, 1.82) is 0 Å². The van der Waals surface area contributed by atoms with E-state index in [-0.39, 0.29) is 0 Å². The third-order valence-electron chi connectivity index (χ3n) is 4.08. The van der Waals surface area contributed by atoms with E-state index in [1.165, 1.54) is 31.1 Å². The molecule has 1 aromatic heterocycles. The summed E-state index contributed by atoms with van der Waals surface area (Å²) in [6, 6.07) is 0. The molecule has 0 spiro atoms. The molecule has 1 fully saturated rings. The molecule has 0 amide bonds. The molecule has 2 rings (SSSR count). The maximum Gasteiger partial charge on any atom is 0.185 e. The van der Waals surface area contributed by atoms with E-state index in [1.54, 1.807) is 0 Å². The fraction of sp³-hybridized carbons (Fsp3) is 0.800. The molecule has 0 aliphatic carbocycles. The van der Waals surface area contributed by atoms with Crippen LogP contribution in [0.25, 0.3) is 0 Å². The number of hydrogen-bond acceptors (Lipinski definition) is 6. The molecule has 0 aromatic carbocycles. The van der Waals surface area contributed by atoms with Crippen molar-refractivity contribution in [3.63, 3.8) is 0 Å². The van der Waals surface area contributed by atoms with Gasteiger partial charge < -0.3 is 15.1 Å². The number of thiazole rings is 1. The highest BCUT2D eigenvalue weighted by Gasteiger charge is 2.13. The lowest BCUT2D eigenvalue weighted by atomic mass is 10.3. The molecule has 1 aromatic rings. The van der Waals surface area contributed by atoms with E-state index in [2.05, 4.69) is 45.9 Å². The Morgan fingerprint density at radius 2 is 1.95 bits per heavy atom. The van der Waals surface area contributed by atoms with Crippen LogP contribution in [0, 0.1) is 0 Å². The summed E-state index contributed by atoms with van der Waals surface area (Å²) in [6.07, 6.45) is 2.02. The number of anilines is 1. The van der Waals surface area contributed by atoms with Gasteiger partial charge in [0.1, 0.15) is 0 Å². The number of nitrogens with one attached hydrogen (secondary N) is 1. The number of hydrogen-bond donors (Lipinski definition) is 1. The van der Waals surface area contributed by atoms with E-state index in [0.29, 0.717) is 0 Å². The first-order chi connectivity index (χ1) is 10.2. The second-order valence-electron chi connectivity index (χ2n) is 5.60. The SMILES string of the molecule is CCN(CC)c1ncc(CNCCN2CCN(C)CC2)s1. The van der Waals surface area contributed by atoms with E-state index >= 15 is 0 Å². The molecular weight excluding hydrogens is 282 g/mol. The lowest BCUT2D eigenvalue weighted by molar-refractivity contribution is 0.154. The lowest BCUT2D eigenvalue weighted by Gasteiger charge is -2.32.